The Morgan fingerprint density at radius 2 is 1.50 bits per heavy atom. The molecule has 0 bridgehead atoms. The first-order chi connectivity index (χ1) is 1.00. The van der Waals surface area contributed by atoms with Crippen LogP contribution in [0.4, 0.5) is 0 Å². The van der Waals surface area contributed by atoms with Crippen LogP contribution in [0.15, 0.2) is 0 Å². The summed E-state index contributed by atoms with van der Waals surface area (Å²) < 4.78 is 8.38. The molecule has 0 rings (SSSR count). The van der Waals surface area contributed by atoms with Crippen LogP contribution < -0.4 is 0 Å². The molecule has 0 aliphatic carbocycles. The Labute approximate surface area is 52.1 Å². The molecule has 0 heterocycles. The molecule has 23 valence electrons. The van der Waals surface area contributed by atoms with Crippen molar-refractivity contribution in [2.24, 2.45) is 0 Å². The molecule has 0 aliphatic heterocycles. The van der Waals surface area contributed by atoms with Crippen molar-refractivity contribution >= 4 is 10.1 Å². The van der Waals surface area contributed by atoms with E-state index in [4.69, 9.17) is 3.57 Å². The quantitative estimate of drug-likeness (QED) is 0.441. The summed E-state index contributed by atoms with van der Waals surface area (Å²) in [4.78, 5) is 0. The molecule has 0 spiro atoms. The zero-order valence-corrected chi connectivity index (χ0v) is 6.03. The van der Waals surface area contributed by atoms with E-state index in [-0.39, 0.29) is 48.3 Å². The molecule has 1 nitrogen and oxygen atoms in total. The van der Waals surface area contributed by atoms with Gasteiger partial charge in [-0.15, -0.1) is 0 Å². The third-order valence-corrected chi connectivity index (χ3v) is 0. The summed E-state index contributed by atoms with van der Waals surface area (Å²) in [6, 6.07) is 0. The van der Waals surface area contributed by atoms with E-state index < -0.39 is 0 Å². The van der Waals surface area contributed by atoms with Crippen molar-refractivity contribution in [2.75, 3.05) is 0 Å². The fourth-order valence-corrected chi connectivity index (χ4v) is 0. The normalized spacial score (nSPS) is 1.50. The minimum absolute atomic E-state index is 0. The van der Waals surface area contributed by atoms with Gasteiger partial charge < -0.3 is 2.85 Å². The van der Waals surface area contributed by atoms with Crippen LogP contribution in [0.1, 0.15) is 2.85 Å². The molecule has 1 radical (unpaired) electrons. The molecule has 0 saturated heterocycles. The van der Waals surface area contributed by atoms with Crippen molar-refractivity contribution in [1.29, 1.82) is 0 Å². The third kappa shape index (κ3) is 11.2. The monoisotopic (exact) mass is 154 g/mol. The van der Waals surface area contributed by atoms with Gasteiger partial charge in [0.2, 0.25) is 0 Å². The van der Waals surface area contributed by atoms with Crippen molar-refractivity contribution in [3.63, 3.8) is 0 Å². The Morgan fingerprint density at radius 1 is 1.50 bits per heavy atom. The molecule has 0 unspecified atom stereocenters. The predicted octanol–water partition coefficient (Wildman–Crippen LogP) is -0.280. The van der Waals surface area contributed by atoms with Crippen molar-refractivity contribution < 1.29 is 41.7 Å². The summed E-state index contributed by atoms with van der Waals surface area (Å²) >= 11 is 0.125. The van der Waals surface area contributed by atoms with Gasteiger partial charge in [-0.3, -0.25) is 0 Å². The number of rotatable bonds is 0. The standard InChI is InChI=1S/Be.Cu.O.Zn.2H/q+2;;;;2*-1. The molecule has 0 atom stereocenters. The van der Waals surface area contributed by atoms with Crippen LogP contribution in [-0.4, -0.2) is 10.1 Å². The molecule has 4 heavy (non-hydrogen) atoms. The van der Waals surface area contributed by atoms with Gasteiger partial charge in [0.05, 0.1) is 0 Å². The fraction of sp³-hybridized carbons (Fsp3) is 0. The SMILES string of the molecule is [Be+2].[Cu].[H-].[H-].[O]=[Zn]. The third-order valence-electron chi connectivity index (χ3n) is 0. The first-order valence-electron chi connectivity index (χ1n) is 0.289. The zero-order valence-electron chi connectivity index (χ0n) is 4.12. The van der Waals surface area contributed by atoms with Crippen molar-refractivity contribution in [2.45, 2.75) is 0 Å². The average molecular weight is 156 g/mol. The zero-order chi connectivity index (χ0) is 2.00. The Morgan fingerprint density at radius 3 is 1.50 bits per heavy atom. The van der Waals surface area contributed by atoms with Gasteiger partial charge in [0.1, 0.15) is 0 Å². The van der Waals surface area contributed by atoms with Crippen molar-refractivity contribution in [3.8, 4) is 0 Å². The maximum atomic E-state index is 8.38. The van der Waals surface area contributed by atoms with Crippen molar-refractivity contribution in [3.05, 3.63) is 0 Å². The van der Waals surface area contributed by atoms with Crippen LogP contribution in [0.5, 0.6) is 0 Å². The molecule has 0 saturated carbocycles. The first kappa shape index (κ1) is 19.4. The summed E-state index contributed by atoms with van der Waals surface area (Å²) in [7, 11) is 0. The van der Waals surface area contributed by atoms with Gasteiger partial charge in [-0.25, -0.2) is 0 Å². The van der Waals surface area contributed by atoms with E-state index >= 15 is 0 Å². The Hall–Kier alpha value is 1.11. The van der Waals surface area contributed by atoms with E-state index in [1.54, 1.807) is 0 Å². The molecule has 0 amide bonds. The first-order valence-corrected chi connectivity index (χ1v) is 1.50. The maximum absolute atomic E-state index is 8.38. The van der Waals surface area contributed by atoms with E-state index in [1.807, 2.05) is 0 Å². The summed E-state index contributed by atoms with van der Waals surface area (Å²) in [6.45, 7) is 0. The summed E-state index contributed by atoms with van der Waals surface area (Å²) in [5, 5.41) is 0. The van der Waals surface area contributed by atoms with E-state index in [0.29, 0.717) is 0 Å². The van der Waals surface area contributed by atoms with Gasteiger partial charge in [0.15, 0.2) is 0 Å². The number of hydrogen-bond acceptors (Lipinski definition) is 1. The predicted molar refractivity (Wildman–Crippen MR) is 8.66 cm³/mol. The van der Waals surface area contributed by atoms with Crippen LogP contribution in [0.25, 0.3) is 0 Å². The van der Waals surface area contributed by atoms with Gasteiger partial charge in [0, 0.05) is 17.1 Å². The van der Waals surface area contributed by atoms with E-state index in [1.165, 1.54) is 0 Å². The second kappa shape index (κ2) is 32.2. The second-order valence-electron chi connectivity index (χ2n) is 0. The van der Waals surface area contributed by atoms with Gasteiger partial charge >= 0.3 is 31.9 Å². The van der Waals surface area contributed by atoms with Crippen molar-refractivity contribution in [1.82, 2.24) is 0 Å². The second-order valence-corrected chi connectivity index (χ2v) is 0. The molecule has 0 aromatic rings. The van der Waals surface area contributed by atoms with Crippen LogP contribution in [0, 0.1) is 0 Å². The summed E-state index contributed by atoms with van der Waals surface area (Å²) in [6.07, 6.45) is 0. The molecule has 0 fully saturated rings. The Bertz CT molecular complexity index is 13.5. The van der Waals surface area contributed by atoms with Crippen LogP contribution in [0.2, 0.25) is 0 Å². The topological polar surface area (TPSA) is 17.1 Å². The average Bonchev–Trinajstić information content (AvgIpc) is 1.00. The molecule has 0 aromatic carbocycles. The van der Waals surface area contributed by atoms with Gasteiger partial charge in [0.25, 0.3) is 0 Å². The molecular formula is H2BeCuOZn. The molecule has 0 N–H and O–H groups in total. The minimum atomic E-state index is 0. The molecule has 0 aromatic heterocycles. The number of hydrogen-bond donors (Lipinski definition) is 0. The van der Waals surface area contributed by atoms with E-state index in [9.17, 15) is 0 Å². The Kier molecular flexibility index (Phi) is 156. The van der Waals surface area contributed by atoms with Crippen LogP contribution >= 0.6 is 0 Å². The molecular weight excluding hydrogens is 154 g/mol. The van der Waals surface area contributed by atoms with Crippen LogP contribution in [-0.2, 0) is 38.9 Å². The molecule has 0 aliphatic rings. The fourth-order valence-electron chi connectivity index (χ4n) is 0. The van der Waals surface area contributed by atoms with Gasteiger partial charge in [-0.2, -0.15) is 0 Å². The van der Waals surface area contributed by atoms with E-state index in [2.05, 4.69) is 0 Å². The Balaban J connectivity index is -0.000000000833. The van der Waals surface area contributed by atoms with Gasteiger partial charge in [-0.05, 0) is 0 Å². The van der Waals surface area contributed by atoms with Crippen LogP contribution in [0.3, 0.4) is 0 Å². The summed E-state index contributed by atoms with van der Waals surface area (Å²) in [5.41, 5.74) is 0. The van der Waals surface area contributed by atoms with E-state index in [0.717, 1.165) is 0 Å². The van der Waals surface area contributed by atoms with Gasteiger partial charge in [-0.1, -0.05) is 0 Å². The molecule has 4 heteroatoms. The summed E-state index contributed by atoms with van der Waals surface area (Å²) in [5.74, 6) is 0.